The molecule has 0 aromatic carbocycles. The van der Waals surface area contributed by atoms with Crippen LogP contribution < -0.4 is 0 Å². The second-order valence-electron chi connectivity index (χ2n) is 4.09. The van der Waals surface area contributed by atoms with Gasteiger partial charge in [0.15, 0.2) is 0 Å². The first-order valence-corrected chi connectivity index (χ1v) is 6.32. The van der Waals surface area contributed by atoms with Crippen LogP contribution in [-0.4, -0.2) is 9.97 Å². The lowest BCUT2D eigenvalue weighted by molar-refractivity contribution is 1.10. The van der Waals surface area contributed by atoms with Crippen molar-refractivity contribution in [2.75, 3.05) is 0 Å². The summed E-state index contributed by atoms with van der Waals surface area (Å²) in [7, 11) is 0. The first-order chi connectivity index (χ1) is 9.19. The molecule has 2 heterocycles. The molecule has 98 valence electrons. The third kappa shape index (κ3) is 5.30. The van der Waals surface area contributed by atoms with Crippen molar-refractivity contribution < 1.29 is 0 Å². The van der Waals surface area contributed by atoms with E-state index < -0.39 is 0 Å². The van der Waals surface area contributed by atoms with Crippen LogP contribution in [-0.2, 0) is 6.42 Å². The van der Waals surface area contributed by atoms with Gasteiger partial charge in [-0.1, -0.05) is 38.3 Å². The molecule has 0 N–H and O–H groups in total. The number of hydrogen-bond acceptors (Lipinski definition) is 2. The van der Waals surface area contributed by atoms with Crippen LogP contribution in [0.2, 0.25) is 0 Å². The van der Waals surface area contributed by atoms with Crippen LogP contribution in [0.25, 0.3) is 12.2 Å². The van der Waals surface area contributed by atoms with Gasteiger partial charge < -0.3 is 0 Å². The summed E-state index contributed by atoms with van der Waals surface area (Å²) in [5.41, 5.74) is 4.32. The van der Waals surface area contributed by atoms with Crippen molar-refractivity contribution in [2.24, 2.45) is 0 Å². The Bertz CT molecular complexity index is 510. The van der Waals surface area contributed by atoms with Gasteiger partial charge in [0.25, 0.3) is 0 Å². The van der Waals surface area contributed by atoms with Gasteiger partial charge in [0.1, 0.15) is 0 Å². The lowest BCUT2D eigenvalue weighted by Gasteiger charge is -1.94. The zero-order valence-electron chi connectivity index (χ0n) is 11.6. The van der Waals surface area contributed by atoms with Crippen LogP contribution in [0.1, 0.15) is 29.4 Å². The van der Waals surface area contributed by atoms with Crippen LogP contribution in [0, 0.1) is 6.92 Å². The van der Waals surface area contributed by atoms with Crippen molar-refractivity contribution in [1.29, 1.82) is 0 Å². The Labute approximate surface area is 115 Å². The van der Waals surface area contributed by atoms with Gasteiger partial charge in [-0.3, -0.25) is 9.97 Å². The van der Waals surface area contributed by atoms with Gasteiger partial charge in [-0.15, -0.1) is 0 Å². The summed E-state index contributed by atoms with van der Waals surface area (Å²) in [4.78, 5) is 8.23. The Balaban J connectivity index is 0.000000191. The predicted molar refractivity (Wildman–Crippen MR) is 82.8 cm³/mol. The lowest BCUT2D eigenvalue weighted by Crippen LogP contribution is -1.83. The molecule has 0 saturated carbocycles. The van der Waals surface area contributed by atoms with Crippen LogP contribution in [0.4, 0.5) is 0 Å². The minimum Gasteiger partial charge on any atom is -0.261 e. The molecule has 0 aliphatic heterocycles. The molecule has 2 aromatic rings. The highest BCUT2D eigenvalue weighted by molar-refractivity contribution is 5.44. The van der Waals surface area contributed by atoms with E-state index in [-0.39, 0.29) is 0 Å². The van der Waals surface area contributed by atoms with Gasteiger partial charge in [-0.2, -0.15) is 0 Å². The molecule has 0 amide bonds. The van der Waals surface area contributed by atoms with E-state index in [9.17, 15) is 0 Å². The van der Waals surface area contributed by atoms with E-state index in [0.717, 1.165) is 23.4 Å². The summed E-state index contributed by atoms with van der Waals surface area (Å²) in [6, 6.07) is 8.02. The van der Waals surface area contributed by atoms with Gasteiger partial charge in [-0.05, 0) is 42.7 Å². The van der Waals surface area contributed by atoms with Gasteiger partial charge in [0.05, 0.1) is 5.69 Å². The molecule has 0 fully saturated rings. The maximum absolute atomic E-state index is 4.15. The highest BCUT2D eigenvalue weighted by Crippen LogP contribution is 2.01. The molecule has 0 saturated heterocycles. The molecule has 19 heavy (non-hydrogen) atoms. The normalized spacial score (nSPS) is 9.16. The maximum Gasteiger partial charge on any atom is 0.0623 e. The van der Waals surface area contributed by atoms with E-state index in [2.05, 4.69) is 36.1 Å². The highest BCUT2D eigenvalue weighted by atomic mass is 14.7. The molecule has 0 aliphatic rings. The number of aromatic nitrogens is 2. The maximum atomic E-state index is 4.15. The molecule has 0 radical (unpaired) electrons. The molecular formula is C17H20N2. The molecule has 0 atom stereocenters. The highest BCUT2D eigenvalue weighted by Gasteiger charge is 1.87. The van der Waals surface area contributed by atoms with E-state index in [4.69, 9.17) is 0 Å². The number of rotatable bonds is 3. The topological polar surface area (TPSA) is 25.8 Å². The smallest absolute Gasteiger partial charge is 0.0623 e. The quantitative estimate of drug-likeness (QED) is 0.813. The Morgan fingerprint density at radius 2 is 1.79 bits per heavy atom. The Morgan fingerprint density at radius 3 is 2.21 bits per heavy atom. The molecule has 0 aliphatic carbocycles. The second kappa shape index (κ2) is 7.98. The van der Waals surface area contributed by atoms with Crippen molar-refractivity contribution in [3.05, 3.63) is 72.3 Å². The van der Waals surface area contributed by atoms with Crippen molar-refractivity contribution in [3.8, 4) is 0 Å². The molecule has 2 nitrogen and oxygen atoms in total. The first kappa shape index (κ1) is 14.8. The van der Waals surface area contributed by atoms with E-state index in [1.54, 1.807) is 12.2 Å². The van der Waals surface area contributed by atoms with Crippen LogP contribution in [0.5, 0.6) is 0 Å². The van der Waals surface area contributed by atoms with Gasteiger partial charge in [-0.25, -0.2) is 0 Å². The van der Waals surface area contributed by atoms with Crippen molar-refractivity contribution in [3.63, 3.8) is 0 Å². The zero-order valence-corrected chi connectivity index (χ0v) is 11.6. The molecule has 2 heteroatoms. The first-order valence-electron chi connectivity index (χ1n) is 6.32. The Kier molecular flexibility index (Phi) is 6.23. The summed E-state index contributed by atoms with van der Waals surface area (Å²) in [5, 5.41) is 0. The largest absolute Gasteiger partial charge is 0.261 e. The summed E-state index contributed by atoms with van der Waals surface area (Å²) < 4.78 is 0. The molecular weight excluding hydrogens is 232 g/mol. The number of pyridine rings is 2. The van der Waals surface area contributed by atoms with Crippen molar-refractivity contribution >= 4 is 12.2 Å². The van der Waals surface area contributed by atoms with Crippen LogP contribution >= 0.6 is 0 Å². The minimum absolute atomic E-state index is 0.942. The third-order valence-electron chi connectivity index (χ3n) is 2.63. The zero-order chi connectivity index (χ0) is 14.1. The summed E-state index contributed by atoms with van der Waals surface area (Å²) >= 11 is 0. The van der Waals surface area contributed by atoms with E-state index in [0.29, 0.717) is 0 Å². The molecule has 0 bridgehead atoms. The third-order valence-corrected chi connectivity index (χ3v) is 2.63. The average molecular weight is 252 g/mol. The van der Waals surface area contributed by atoms with Crippen LogP contribution in [0.15, 0.2) is 49.8 Å². The number of aryl methyl sites for hydroxylation is 2. The molecule has 0 spiro atoms. The summed E-state index contributed by atoms with van der Waals surface area (Å²) in [6.45, 7) is 11.3. The second-order valence-corrected chi connectivity index (χ2v) is 4.09. The summed E-state index contributed by atoms with van der Waals surface area (Å²) in [5.74, 6) is 0. The van der Waals surface area contributed by atoms with Crippen molar-refractivity contribution in [1.82, 2.24) is 9.97 Å². The fourth-order valence-electron chi connectivity index (χ4n) is 1.37. The van der Waals surface area contributed by atoms with Crippen molar-refractivity contribution in [2.45, 2.75) is 20.3 Å². The summed E-state index contributed by atoms with van der Waals surface area (Å²) in [6.07, 6.45) is 8.27. The van der Waals surface area contributed by atoms with Gasteiger partial charge in [0.2, 0.25) is 0 Å². The van der Waals surface area contributed by atoms with E-state index in [1.807, 2.05) is 37.5 Å². The van der Waals surface area contributed by atoms with E-state index in [1.165, 1.54) is 5.56 Å². The molecule has 2 rings (SSSR count). The minimum atomic E-state index is 0.942. The SMILES string of the molecule is C=Cc1ccc(C)nc1.C=Cc1ccc(CC)cn1. The lowest BCUT2D eigenvalue weighted by atomic mass is 10.2. The predicted octanol–water partition coefficient (Wildman–Crippen LogP) is 4.32. The fourth-order valence-corrected chi connectivity index (χ4v) is 1.37. The number of hydrogen-bond donors (Lipinski definition) is 0. The molecule has 0 unspecified atom stereocenters. The average Bonchev–Trinajstić information content (AvgIpc) is 2.49. The Hall–Kier alpha value is -2.22. The fraction of sp³-hybridized carbons (Fsp3) is 0.176. The van der Waals surface area contributed by atoms with Gasteiger partial charge >= 0.3 is 0 Å². The van der Waals surface area contributed by atoms with E-state index >= 15 is 0 Å². The standard InChI is InChI=1S/C9H11N.C8H9N/c1-3-8-5-6-9(4-2)10-7-8;1-3-8-5-4-7(2)9-6-8/h4-7H,2-3H2,1H3;3-6H,1H2,2H3. The van der Waals surface area contributed by atoms with Gasteiger partial charge in [0, 0.05) is 18.1 Å². The molecule has 2 aromatic heterocycles. The number of nitrogens with zero attached hydrogens (tertiary/aromatic N) is 2. The van der Waals surface area contributed by atoms with Crippen LogP contribution in [0.3, 0.4) is 0 Å². The Morgan fingerprint density at radius 1 is 1.00 bits per heavy atom. The monoisotopic (exact) mass is 252 g/mol.